The third-order valence-electron chi connectivity index (χ3n) is 2.70. The van der Waals surface area contributed by atoms with Crippen LogP contribution in [0.4, 0.5) is 0 Å². The number of phenolic OH excluding ortho intramolecular Hbond substituents is 1. The number of nitrogens with two attached hydrogens (primary N) is 1. The second kappa shape index (κ2) is 6.58. The average Bonchev–Trinajstić information content (AvgIpc) is 2.79. The van der Waals surface area contributed by atoms with Crippen LogP contribution in [0, 0.1) is 0 Å². The van der Waals surface area contributed by atoms with Gasteiger partial charge in [-0.05, 0) is 24.1 Å². The van der Waals surface area contributed by atoms with Crippen LogP contribution in [0.3, 0.4) is 0 Å². The fourth-order valence-corrected chi connectivity index (χ4v) is 2.75. The predicted octanol–water partition coefficient (Wildman–Crippen LogP) is 2.14. The van der Waals surface area contributed by atoms with Gasteiger partial charge in [0.2, 0.25) is 0 Å². The number of benzene rings is 1. The molecular weight excluding hydrogens is 260 g/mol. The molecule has 1 heterocycles. The number of nitrogens with zero attached hydrogens (tertiary/aromatic N) is 3. The van der Waals surface area contributed by atoms with Gasteiger partial charge in [-0.15, -0.1) is 10.2 Å². The van der Waals surface area contributed by atoms with Crippen LogP contribution in [-0.2, 0) is 18.8 Å². The molecule has 0 aliphatic heterocycles. The van der Waals surface area contributed by atoms with E-state index in [1.807, 2.05) is 12.1 Å². The van der Waals surface area contributed by atoms with Gasteiger partial charge in [-0.2, -0.15) is 0 Å². The average molecular weight is 278 g/mol. The number of aromatic hydroxyl groups is 1. The molecule has 0 aliphatic carbocycles. The molecule has 1 aromatic heterocycles. The summed E-state index contributed by atoms with van der Waals surface area (Å²) in [4.78, 5) is 0. The Morgan fingerprint density at radius 2 is 2.21 bits per heavy atom. The van der Waals surface area contributed by atoms with Crippen molar-refractivity contribution in [2.24, 2.45) is 5.73 Å². The number of aromatic nitrogens is 3. The van der Waals surface area contributed by atoms with Gasteiger partial charge in [-0.1, -0.05) is 30.8 Å². The molecule has 0 saturated heterocycles. The lowest BCUT2D eigenvalue weighted by molar-refractivity contribution is 0.475. The Balaban J connectivity index is 2.08. The predicted molar refractivity (Wildman–Crippen MR) is 75.9 cm³/mol. The van der Waals surface area contributed by atoms with Crippen LogP contribution in [0.1, 0.15) is 24.7 Å². The molecule has 2 rings (SSSR count). The molecule has 6 heteroatoms. The number of rotatable bonds is 6. The first-order chi connectivity index (χ1) is 9.24. The number of phenols is 1. The number of hydrogen-bond donors (Lipinski definition) is 2. The van der Waals surface area contributed by atoms with Crippen LogP contribution in [-0.4, -0.2) is 19.9 Å². The van der Waals surface area contributed by atoms with Crippen molar-refractivity contribution in [1.82, 2.24) is 14.8 Å². The summed E-state index contributed by atoms with van der Waals surface area (Å²) >= 11 is 1.61. The van der Waals surface area contributed by atoms with Crippen molar-refractivity contribution < 1.29 is 5.11 Å². The molecule has 2 aromatic rings. The first kappa shape index (κ1) is 13.9. The van der Waals surface area contributed by atoms with Gasteiger partial charge in [0.25, 0.3) is 0 Å². The standard InChI is InChI=1S/C13H18N4OS/c1-2-6-17-12(8-14)15-16-13(17)19-9-10-4-3-5-11(18)7-10/h3-5,7,18H,2,6,8-9,14H2,1H3. The van der Waals surface area contributed by atoms with E-state index in [4.69, 9.17) is 5.73 Å². The molecule has 5 nitrogen and oxygen atoms in total. The lowest BCUT2D eigenvalue weighted by atomic mass is 10.2. The highest BCUT2D eigenvalue weighted by Gasteiger charge is 2.10. The summed E-state index contributed by atoms with van der Waals surface area (Å²) in [5, 5.41) is 18.6. The summed E-state index contributed by atoms with van der Waals surface area (Å²) in [7, 11) is 0. The van der Waals surface area contributed by atoms with Gasteiger partial charge in [0.05, 0.1) is 6.54 Å². The van der Waals surface area contributed by atoms with Gasteiger partial charge < -0.3 is 15.4 Å². The van der Waals surface area contributed by atoms with Gasteiger partial charge >= 0.3 is 0 Å². The maximum Gasteiger partial charge on any atom is 0.191 e. The van der Waals surface area contributed by atoms with Crippen molar-refractivity contribution in [2.75, 3.05) is 0 Å². The van der Waals surface area contributed by atoms with Crippen molar-refractivity contribution in [2.45, 2.75) is 37.3 Å². The number of hydrogen-bond acceptors (Lipinski definition) is 5. The van der Waals surface area contributed by atoms with Crippen LogP contribution < -0.4 is 5.73 Å². The van der Waals surface area contributed by atoms with E-state index in [9.17, 15) is 5.11 Å². The van der Waals surface area contributed by atoms with Crippen molar-refractivity contribution >= 4 is 11.8 Å². The normalized spacial score (nSPS) is 10.8. The topological polar surface area (TPSA) is 77.0 Å². The SMILES string of the molecule is CCCn1c(CN)nnc1SCc1cccc(O)c1. The quantitative estimate of drug-likeness (QED) is 0.792. The molecule has 0 unspecified atom stereocenters. The van der Waals surface area contributed by atoms with Gasteiger partial charge in [0.1, 0.15) is 11.6 Å². The third-order valence-corrected chi connectivity index (χ3v) is 3.74. The maximum absolute atomic E-state index is 9.43. The molecule has 0 amide bonds. The van der Waals surface area contributed by atoms with E-state index in [0.29, 0.717) is 6.54 Å². The van der Waals surface area contributed by atoms with E-state index < -0.39 is 0 Å². The summed E-state index contributed by atoms with van der Waals surface area (Å²) in [6.45, 7) is 3.39. The zero-order valence-electron chi connectivity index (χ0n) is 10.9. The molecule has 19 heavy (non-hydrogen) atoms. The van der Waals surface area contributed by atoms with Crippen molar-refractivity contribution in [3.8, 4) is 5.75 Å². The Hall–Kier alpha value is -1.53. The molecule has 3 N–H and O–H groups in total. The summed E-state index contributed by atoms with van der Waals surface area (Å²) in [5.41, 5.74) is 6.72. The Labute approximate surface area is 116 Å². The Kier molecular flexibility index (Phi) is 4.81. The minimum absolute atomic E-state index is 0.288. The Morgan fingerprint density at radius 3 is 2.89 bits per heavy atom. The smallest absolute Gasteiger partial charge is 0.191 e. The zero-order valence-corrected chi connectivity index (χ0v) is 11.7. The number of thioether (sulfide) groups is 1. The molecule has 0 spiro atoms. The van der Waals surface area contributed by atoms with Crippen molar-refractivity contribution in [3.63, 3.8) is 0 Å². The molecule has 1 aromatic carbocycles. The lowest BCUT2D eigenvalue weighted by Crippen LogP contribution is -2.09. The summed E-state index contributed by atoms with van der Waals surface area (Å²) in [6, 6.07) is 7.25. The highest BCUT2D eigenvalue weighted by atomic mass is 32.2. The van der Waals surface area contributed by atoms with Gasteiger partial charge in [0.15, 0.2) is 5.16 Å². The molecular formula is C13H18N4OS. The minimum Gasteiger partial charge on any atom is -0.508 e. The largest absolute Gasteiger partial charge is 0.508 e. The molecule has 0 fully saturated rings. The zero-order chi connectivity index (χ0) is 13.7. The fourth-order valence-electron chi connectivity index (χ4n) is 1.82. The van der Waals surface area contributed by atoms with Crippen LogP contribution in [0.15, 0.2) is 29.4 Å². The highest BCUT2D eigenvalue weighted by molar-refractivity contribution is 7.98. The Morgan fingerprint density at radius 1 is 1.37 bits per heavy atom. The highest BCUT2D eigenvalue weighted by Crippen LogP contribution is 2.23. The van der Waals surface area contributed by atoms with E-state index in [0.717, 1.165) is 35.3 Å². The summed E-state index contributed by atoms with van der Waals surface area (Å²) in [5.74, 6) is 1.86. The van der Waals surface area contributed by atoms with Crippen LogP contribution >= 0.6 is 11.8 Å². The van der Waals surface area contributed by atoms with Crippen molar-refractivity contribution in [3.05, 3.63) is 35.7 Å². The molecule has 0 atom stereocenters. The third kappa shape index (κ3) is 3.48. The van der Waals surface area contributed by atoms with E-state index in [1.165, 1.54) is 0 Å². The van der Waals surface area contributed by atoms with Gasteiger partial charge in [-0.25, -0.2) is 0 Å². The summed E-state index contributed by atoms with van der Waals surface area (Å²) in [6.07, 6.45) is 1.02. The van der Waals surface area contributed by atoms with Crippen molar-refractivity contribution in [1.29, 1.82) is 0 Å². The van der Waals surface area contributed by atoms with Crippen LogP contribution in [0.2, 0.25) is 0 Å². The molecule has 0 saturated carbocycles. The maximum atomic E-state index is 9.43. The lowest BCUT2D eigenvalue weighted by Gasteiger charge is -2.07. The fraction of sp³-hybridized carbons (Fsp3) is 0.385. The molecule has 0 aliphatic rings. The van der Waals surface area contributed by atoms with Gasteiger partial charge in [-0.3, -0.25) is 0 Å². The van der Waals surface area contributed by atoms with E-state index in [-0.39, 0.29) is 5.75 Å². The van der Waals surface area contributed by atoms with E-state index in [2.05, 4.69) is 21.7 Å². The monoisotopic (exact) mass is 278 g/mol. The Bertz CT molecular complexity index is 541. The molecule has 0 radical (unpaired) electrons. The minimum atomic E-state index is 0.288. The van der Waals surface area contributed by atoms with Crippen LogP contribution in [0.25, 0.3) is 0 Å². The van der Waals surface area contributed by atoms with Gasteiger partial charge in [0, 0.05) is 12.3 Å². The van der Waals surface area contributed by atoms with E-state index in [1.54, 1.807) is 23.9 Å². The summed E-state index contributed by atoms with van der Waals surface area (Å²) < 4.78 is 2.06. The van der Waals surface area contributed by atoms with E-state index >= 15 is 0 Å². The molecule has 0 bridgehead atoms. The second-order valence-corrected chi connectivity index (χ2v) is 5.16. The van der Waals surface area contributed by atoms with Crippen LogP contribution in [0.5, 0.6) is 5.75 Å². The molecule has 102 valence electrons. The second-order valence-electron chi connectivity index (χ2n) is 4.21. The first-order valence-corrected chi connectivity index (χ1v) is 7.26. The first-order valence-electron chi connectivity index (χ1n) is 6.27.